The lowest BCUT2D eigenvalue weighted by Crippen LogP contribution is -2.49. The molecular formula is C12H6F3N6O3. The summed E-state index contributed by atoms with van der Waals surface area (Å²) in [5.74, 6) is -1.09. The maximum Gasteiger partial charge on any atom is 0.418 e. The second-order valence-electron chi connectivity index (χ2n) is 4.63. The number of carbonyl (C=O) groups excluding carboxylic acids is 3. The largest absolute Gasteiger partial charge is 0.418 e. The highest BCUT2D eigenvalue weighted by Gasteiger charge is 2.40. The van der Waals surface area contributed by atoms with Gasteiger partial charge in [-0.3, -0.25) is 9.36 Å². The fraction of sp³-hybridized carbons (Fsp3) is 0.0833. The first-order chi connectivity index (χ1) is 11.2. The Balaban J connectivity index is 2.33. The second kappa shape index (κ2) is 5.04. The van der Waals surface area contributed by atoms with Crippen LogP contribution in [-0.4, -0.2) is 32.7 Å². The van der Waals surface area contributed by atoms with Crippen LogP contribution in [0.5, 0.6) is 0 Å². The fourth-order valence-corrected chi connectivity index (χ4v) is 2.21. The molecule has 0 unspecified atom stereocenters. The van der Waals surface area contributed by atoms with Crippen LogP contribution in [0, 0.1) is 0 Å². The lowest BCUT2D eigenvalue weighted by Gasteiger charge is -2.26. The molecule has 123 valence electrons. The number of carbonyl (C=O) groups is 3. The minimum atomic E-state index is -4.85. The van der Waals surface area contributed by atoms with E-state index in [9.17, 15) is 27.6 Å². The smallest absolute Gasteiger partial charge is 0.351 e. The van der Waals surface area contributed by atoms with Crippen LogP contribution in [0.4, 0.5) is 28.4 Å². The summed E-state index contributed by atoms with van der Waals surface area (Å²) >= 11 is 0. The number of hydrogen-bond donors (Lipinski definition) is 1. The predicted octanol–water partition coefficient (Wildman–Crippen LogP) is 1.05. The Kier molecular flexibility index (Phi) is 3.25. The van der Waals surface area contributed by atoms with Gasteiger partial charge in [0.15, 0.2) is 0 Å². The number of aromatic nitrogens is 3. The monoisotopic (exact) mass is 339 g/mol. The van der Waals surface area contributed by atoms with Crippen molar-refractivity contribution in [2.75, 3.05) is 4.90 Å². The minimum absolute atomic E-state index is 0.196. The molecule has 12 heteroatoms. The molecule has 9 nitrogen and oxygen atoms in total. The number of fused-ring (bicyclic) bond motifs is 1. The van der Waals surface area contributed by atoms with Gasteiger partial charge in [-0.2, -0.15) is 18.5 Å². The van der Waals surface area contributed by atoms with Gasteiger partial charge in [0.25, 0.3) is 5.91 Å². The number of halogens is 3. The standard InChI is InChI=1S/C12H6F3N6O3/c13-12(14,15)6-2-7-5(1-8(6)20-3-17-18-4-20)9(22)19-11(24)21(7)10(16)23/h1-4H,(H2,16,23). The molecule has 2 N–H and O–H groups in total. The van der Waals surface area contributed by atoms with E-state index < -0.39 is 41.1 Å². The Hall–Kier alpha value is -3.44. The van der Waals surface area contributed by atoms with Crippen LogP contribution in [0.3, 0.4) is 0 Å². The van der Waals surface area contributed by atoms with Crippen LogP contribution < -0.4 is 16.0 Å². The Labute approximate surface area is 130 Å². The highest BCUT2D eigenvalue weighted by atomic mass is 19.4. The zero-order valence-electron chi connectivity index (χ0n) is 11.5. The number of nitrogens with zero attached hydrogens (tertiary/aromatic N) is 5. The Morgan fingerprint density at radius 2 is 1.71 bits per heavy atom. The van der Waals surface area contributed by atoms with Gasteiger partial charge in [-0.1, -0.05) is 0 Å². The molecular weight excluding hydrogens is 333 g/mol. The van der Waals surface area contributed by atoms with E-state index in [1.165, 1.54) is 0 Å². The topological polar surface area (TPSA) is 125 Å². The van der Waals surface area contributed by atoms with E-state index in [0.717, 1.165) is 23.3 Å². The van der Waals surface area contributed by atoms with E-state index in [0.29, 0.717) is 6.07 Å². The minimum Gasteiger partial charge on any atom is -0.351 e. The van der Waals surface area contributed by atoms with Crippen molar-refractivity contribution in [3.63, 3.8) is 0 Å². The molecule has 0 saturated carbocycles. The van der Waals surface area contributed by atoms with E-state index in [1.54, 1.807) is 0 Å². The maximum atomic E-state index is 13.4. The molecule has 24 heavy (non-hydrogen) atoms. The first-order valence-electron chi connectivity index (χ1n) is 6.20. The highest BCUT2D eigenvalue weighted by Crippen LogP contribution is 2.39. The molecule has 0 atom stereocenters. The molecule has 0 fully saturated rings. The molecule has 0 bridgehead atoms. The zero-order chi connectivity index (χ0) is 17.6. The summed E-state index contributed by atoms with van der Waals surface area (Å²) in [5.41, 5.74) is 2.35. The molecule has 0 spiro atoms. The molecule has 1 aliphatic heterocycles. The van der Waals surface area contributed by atoms with Crippen molar-refractivity contribution in [3.8, 4) is 5.69 Å². The number of urea groups is 2. The molecule has 1 radical (unpaired) electrons. The number of amides is 5. The first-order valence-corrected chi connectivity index (χ1v) is 6.20. The summed E-state index contributed by atoms with van der Waals surface area (Å²) in [6.07, 6.45) is -2.85. The van der Waals surface area contributed by atoms with E-state index in [4.69, 9.17) is 5.73 Å². The van der Waals surface area contributed by atoms with Gasteiger partial charge in [0.2, 0.25) is 0 Å². The van der Waals surface area contributed by atoms with Crippen molar-refractivity contribution in [1.82, 2.24) is 20.1 Å². The normalized spacial score (nSPS) is 14.4. The fourth-order valence-electron chi connectivity index (χ4n) is 2.21. The van der Waals surface area contributed by atoms with Crippen LogP contribution >= 0.6 is 0 Å². The van der Waals surface area contributed by atoms with Gasteiger partial charge in [0.1, 0.15) is 12.7 Å². The summed E-state index contributed by atoms with van der Waals surface area (Å²) < 4.78 is 41.0. The van der Waals surface area contributed by atoms with Gasteiger partial charge in [0, 0.05) is 0 Å². The van der Waals surface area contributed by atoms with Crippen molar-refractivity contribution in [2.24, 2.45) is 5.73 Å². The van der Waals surface area contributed by atoms with Gasteiger partial charge in [-0.25, -0.2) is 14.5 Å². The van der Waals surface area contributed by atoms with Gasteiger partial charge in [0.05, 0.1) is 22.5 Å². The zero-order valence-corrected chi connectivity index (χ0v) is 11.5. The molecule has 1 aromatic carbocycles. The van der Waals surface area contributed by atoms with E-state index in [2.05, 4.69) is 15.5 Å². The molecule has 0 aliphatic carbocycles. The SMILES string of the molecule is NC(=O)N1C(=O)[N]C(=O)c2cc(-n3cnnc3)c(C(F)(F)F)cc21. The average Bonchev–Trinajstić information content (AvgIpc) is 2.98. The number of imide groups is 2. The molecule has 1 aliphatic rings. The molecule has 2 aromatic rings. The third kappa shape index (κ3) is 2.33. The van der Waals surface area contributed by atoms with Crippen molar-refractivity contribution in [1.29, 1.82) is 0 Å². The van der Waals surface area contributed by atoms with Gasteiger partial charge < -0.3 is 5.73 Å². The molecule has 2 heterocycles. The molecule has 0 saturated heterocycles. The third-order valence-electron chi connectivity index (χ3n) is 3.20. The number of benzene rings is 1. The van der Waals surface area contributed by atoms with Crippen LogP contribution in [-0.2, 0) is 6.18 Å². The second-order valence-corrected chi connectivity index (χ2v) is 4.63. The lowest BCUT2D eigenvalue weighted by molar-refractivity contribution is -0.137. The van der Waals surface area contributed by atoms with Gasteiger partial charge in [-0.05, 0) is 12.1 Å². The quantitative estimate of drug-likeness (QED) is 0.831. The van der Waals surface area contributed by atoms with Gasteiger partial charge >= 0.3 is 18.2 Å². The van der Waals surface area contributed by atoms with Crippen LogP contribution in [0.1, 0.15) is 15.9 Å². The molecule has 1 aromatic heterocycles. The summed E-state index contributed by atoms with van der Waals surface area (Å²) in [5, 5.41) is 9.88. The van der Waals surface area contributed by atoms with Crippen molar-refractivity contribution >= 4 is 23.7 Å². The van der Waals surface area contributed by atoms with Crippen molar-refractivity contribution in [2.45, 2.75) is 6.18 Å². The average molecular weight is 339 g/mol. The Morgan fingerprint density at radius 3 is 2.25 bits per heavy atom. The number of anilines is 1. The lowest BCUT2D eigenvalue weighted by atomic mass is 10.0. The Morgan fingerprint density at radius 1 is 1.08 bits per heavy atom. The van der Waals surface area contributed by atoms with Crippen LogP contribution in [0.15, 0.2) is 24.8 Å². The van der Waals surface area contributed by atoms with E-state index in [1.807, 2.05) is 0 Å². The number of primary amides is 1. The van der Waals surface area contributed by atoms with Crippen molar-refractivity contribution in [3.05, 3.63) is 35.9 Å². The molecule has 5 amide bonds. The first kappa shape index (κ1) is 15.5. The summed E-state index contributed by atoms with van der Waals surface area (Å²) in [4.78, 5) is 35.0. The van der Waals surface area contributed by atoms with Crippen LogP contribution in [0.2, 0.25) is 0 Å². The molecule has 3 rings (SSSR count). The maximum absolute atomic E-state index is 13.4. The Bertz CT molecular complexity index is 862. The van der Waals surface area contributed by atoms with Crippen molar-refractivity contribution < 1.29 is 27.6 Å². The summed E-state index contributed by atoms with van der Waals surface area (Å²) in [6.45, 7) is 0. The number of rotatable bonds is 1. The number of alkyl halides is 3. The van der Waals surface area contributed by atoms with Crippen LogP contribution in [0.25, 0.3) is 5.69 Å². The van der Waals surface area contributed by atoms with Gasteiger partial charge in [-0.15, -0.1) is 10.2 Å². The summed E-state index contributed by atoms with van der Waals surface area (Å²) in [7, 11) is 0. The number of nitrogens with two attached hydrogens (primary N) is 1. The van der Waals surface area contributed by atoms with E-state index in [-0.39, 0.29) is 10.5 Å². The van der Waals surface area contributed by atoms with E-state index >= 15 is 0 Å². The highest BCUT2D eigenvalue weighted by molar-refractivity contribution is 6.25. The third-order valence-corrected chi connectivity index (χ3v) is 3.20. The number of hydrogen-bond acceptors (Lipinski definition) is 5. The summed E-state index contributed by atoms with van der Waals surface area (Å²) in [6, 6.07) is -1.39. The predicted molar refractivity (Wildman–Crippen MR) is 70.3 cm³/mol.